The van der Waals surface area contributed by atoms with E-state index in [1.165, 1.54) is 5.69 Å². The lowest BCUT2D eigenvalue weighted by Crippen LogP contribution is -2.21. The zero-order valence-corrected chi connectivity index (χ0v) is 11.4. The van der Waals surface area contributed by atoms with E-state index in [1.54, 1.807) is 19.1 Å². The van der Waals surface area contributed by atoms with Crippen molar-refractivity contribution in [3.05, 3.63) is 48.1 Å². The van der Waals surface area contributed by atoms with Crippen molar-refractivity contribution in [1.29, 1.82) is 0 Å². The zero-order chi connectivity index (χ0) is 13.4. The van der Waals surface area contributed by atoms with Crippen LogP contribution >= 0.6 is 0 Å². The number of rotatable bonds is 6. The van der Waals surface area contributed by atoms with E-state index in [-0.39, 0.29) is 5.78 Å². The van der Waals surface area contributed by atoms with E-state index in [1.807, 2.05) is 12.2 Å². The first-order chi connectivity index (χ1) is 8.67. The normalized spacial score (nSPS) is 11.3. The maximum absolute atomic E-state index is 10.7. The fourth-order valence-corrected chi connectivity index (χ4v) is 1.74. The van der Waals surface area contributed by atoms with Gasteiger partial charge in [-0.3, -0.25) is 4.79 Å². The summed E-state index contributed by atoms with van der Waals surface area (Å²) in [4.78, 5) is 13.0. The molecule has 0 unspecified atom stereocenters. The molecule has 0 saturated carbocycles. The van der Waals surface area contributed by atoms with Gasteiger partial charge < -0.3 is 4.90 Å². The molecule has 0 aliphatic carbocycles. The van der Waals surface area contributed by atoms with Gasteiger partial charge in [-0.1, -0.05) is 30.4 Å². The molecule has 0 N–H and O–H groups in total. The molecule has 0 radical (unpaired) electrons. The van der Waals surface area contributed by atoms with Gasteiger partial charge in [0.1, 0.15) is 0 Å². The topological polar surface area (TPSA) is 20.3 Å². The Balaban J connectivity index is 2.68. The second-order valence-corrected chi connectivity index (χ2v) is 4.09. The summed E-state index contributed by atoms with van der Waals surface area (Å²) >= 11 is 0. The predicted molar refractivity (Wildman–Crippen MR) is 78.9 cm³/mol. The summed E-state index contributed by atoms with van der Waals surface area (Å²) in [5.74, 6) is 0.0662. The molecular weight excluding hydrogens is 222 g/mol. The molecule has 0 fully saturated rings. The largest absolute Gasteiger partial charge is 0.372 e. The van der Waals surface area contributed by atoms with Crippen molar-refractivity contribution in [1.82, 2.24) is 0 Å². The highest BCUT2D eigenvalue weighted by Crippen LogP contribution is 2.15. The smallest absolute Gasteiger partial charge is 0.152 e. The predicted octanol–water partition coefficient (Wildman–Crippen LogP) is 3.69. The average molecular weight is 243 g/mol. The van der Waals surface area contributed by atoms with E-state index in [9.17, 15) is 4.79 Å². The Morgan fingerprint density at radius 1 is 1.11 bits per heavy atom. The van der Waals surface area contributed by atoms with E-state index in [0.29, 0.717) is 0 Å². The number of anilines is 1. The summed E-state index contributed by atoms with van der Waals surface area (Å²) in [7, 11) is 0. The van der Waals surface area contributed by atoms with Crippen LogP contribution < -0.4 is 4.90 Å². The molecule has 1 rings (SSSR count). The van der Waals surface area contributed by atoms with Crippen molar-refractivity contribution in [2.45, 2.75) is 20.8 Å². The first-order valence-corrected chi connectivity index (χ1v) is 6.37. The van der Waals surface area contributed by atoms with Crippen LogP contribution in [0.4, 0.5) is 5.69 Å². The SMILES string of the molecule is CCN(CC)c1ccc(C=CC=CC(C)=O)cc1. The van der Waals surface area contributed by atoms with Crippen molar-refractivity contribution in [3.8, 4) is 0 Å². The van der Waals surface area contributed by atoms with Gasteiger partial charge >= 0.3 is 0 Å². The minimum absolute atomic E-state index is 0.0662. The van der Waals surface area contributed by atoms with Gasteiger partial charge in [0.2, 0.25) is 0 Å². The number of hydrogen-bond acceptors (Lipinski definition) is 2. The third-order valence-corrected chi connectivity index (χ3v) is 2.75. The third-order valence-electron chi connectivity index (χ3n) is 2.75. The number of hydrogen-bond donors (Lipinski definition) is 0. The quantitative estimate of drug-likeness (QED) is 0.561. The van der Waals surface area contributed by atoms with Crippen molar-refractivity contribution >= 4 is 17.5 Å². The fourth-order valence-electron chi connectivity index (χ4n) is 1.74. The Morgan fingerprint density at radius 2 is 1.72 bits per heavy atom. The van der Waals surface area contributed by atoms with E-state index < -0.39 is 0 Å². The van der Waals surface area contributed by atoms with Crippen LogP contribution in [0.2, 0.25) is 0 Å². The van der Waals surface area contributed by atoms with Crippen LogP contribution in [0.1, 0.15) is 26.3 Å². The highest BCUT2D eigenvalue weighted by molar-refractivity contribution is 5.87. The summed E-state index contributed by atoms with van der Waals surface area (Å²) in [6, 6.07) is 8.43. The Labute approximate surface area is 110 Å². The summed E-state index contributed by atoms with van der Waals surface area (Å²) in [6.07, 6.45) is 7.20. The van der Waals surface area contributed by atoms with E-state index in [0.717, 1.165) is 18.7 Å². The third kappa shape index (κ3) is 4.58. The number of ketones is 1. The number of carbonyl (C=O) groups is 1. The summed E-state index contributed by atoms with van der Waals surface area (Å²) in [5, 5.41) is 0. The molecule has 0 amide bonds. The molecule has 1 aromatic rings. The molecule has 0 aromatic heterocycles. The first kappa shape index (κ1) is 14.2. The number of nitrogens with zero attached hydrogens (tertiary/aromatic N) is 1. The first-order valence-electron chi connectivity index (χ1n) is 6.37. The van der Waals surface area contributed by atoms with Gasteiger partial charge in [-0.15, -0.1) is 0 Å². The molecule has 2 nitrogen and oxygen atoms in total. The molecular formula is C16H21NO. The van der Waals surface area contributed by atoms with Crippen LogP contribution in [-0.4, -0.2) is 18.9 Å². The standard InChI is InChI=1S/C16H21NO/c1-4-17(5-2)16-12-10-15(11-13-16)9-7-6-8-14(3)18/h6-13H,4-5H2,1-3H3. The molecule has 0 aliphatic heterocycles. The zero-order valence-electron chi connectivity index (χ0n) is 11.4. The molecule has 0 heterocycles. The van der Waals surface area contributed by atoms with Gasteiger partial charge in [0.15, 0.2) is 5.78 Å². The van der Waals surface area contributed by atoms with Crippen molar-refractivity contribution in [3.63, 3.8) is 0 Å². The van der Waals surface area contributed by atoms with Crippen molar-refractivity contribution in [2.24, 2.45) is 0 Å². The van der Waals surface area contributed by atoms with E-state index in [2.05, 4.69) is 43.0 Å². The minimum Gasteiger partial charge on any atom is -0.372 e. The lowest BCUT2D eigenvalue weighted by Gasteiger charge is -2.20. The van der Waals surface area contributed by atoms with E-state index in [4.69, 9.17) is 0 Å². The molecule has 96 valence electrons. The monoisotopic (exact) mass is 243 g/mol. The van der Waals surface area contributed by atoms with Gasteiger partial charge in [0, 0.05) is 18.8 Å². The van der Waals surface area contributed by atoms with Crippen molar-refractivity contribution in [2.75, 3.05) is 18.0 Å². The maximum Gasteiger partial charge on any atom is 0.152 e. The lowest BCUT2D eigenvalue weighted by molar-refractivity contribution is -0.112. The van der Waals surface area contributed by atoms with Crippen LogP contribution in [0.15, 0.2) is 42.5 Å². The van der Waals surface area contributed by atoms with Gasteiger partial charge in [-0.25, -0.2) is 0 Å². The van der Waals surface area contributed by atoms with Crippen LogP contribution in [0, 0.1) is 0 Å². The molecule has 0 atom stereocenters. The molecule has 0 spiro atoms. The van der Waals surface area contributed by atoms with Crippen LogP contribution in [0.25, 0.3) is 6.08 Å². The van der Waals surface area contributed by atoms with Crippen LogP contribution in [0.3, 0.4) is 0 Å². The second kappa shape index (κ2) is 7.49. The maximum atomic E-state index is 10.7. The van der Waals surface area contributed by atoms with Crippen molar-refractivity contribution < 1.29 is 4.79 Å². The highest BCUT2D eigenvalue weighted by Gasteiger charge is 1.99. The molecule has 0 bridgehead atoms. The molecule has 1 aromatic carbocycles. The molecule has 18 heavy (non-hydrogen) atoms. The Morgan fingerprint density at radius 3 is 2.22 bits per heavy atom. The summed E-state index contributed by atoms with van der Waals surface area (Å²) in [6.45, 7) is 7.90. The average Bonchev–Trinajstić information content (AvgIpc) is 2.37. The fraction of sp³-hybridized carbons (Fsp3) is 0.312. The number of allylic oxidation sites excluding steroid dienone is 3. The molecule has 0 aliphatic rings. The second-order valence-electron chi connectivity index (χ2n) is 4.09. The van der Waals surface area contributed by atoms with Gasteiger partial charge in [0.25, 0.3) is 0 Å². The van der Waals surface area contributed by atoms with Gasteiger partial charge in [-0.2, -0.15) is 0 Å². The lowest BCUT2D eigenvalue weighted by atomic mass is 10.1. The van der Waals surface area contributed by atoms with E-state index >= 15 is 0 Å². The molecule has 0 saturated heterocycles. The molecule has 2 heteroatoms. The summed E-state index contributed by atoms with van der Waals surface area (Å²) in [5.41, 5.74) is 2.38. The van der Waals surface area contributed by atoms with Crippen LogP contribution in [0.5, 0.6) is 0 Å². The Kier molecular flexibility index (Phi) is 5.92. The van der Waals surface area contributed by atoms with Crippen LogP contribution in [-0.2, 0) is 4.79 Å². The summed E-state index contributed by atoms with van der Waals surface area (Å²) < 4.78 is 0. The Hall–Kier alpha value is -1.83. The minimum atomic E-state index is 0.0662. The highest BCUT2D eigenvalue weighted by atomic mass is 16.1. The van der Waals surface area contributed by atoms with Gasteiger partial charge in [0.05, 0.1) is 0 Å². The Bertz CT molecular complexity index is 425. The number of carbonyl (C=O) groups excluding carboxylic acids is 1. The van der Waals surface area contributed by atoms with Gasteiger partial charge in [-0.05, 0) is 44.5 Å². The number of benzene rings is 1.